The zero-order chi connectivity index (χ0) is 25.8. The van der Waals surface area contributed by atoms with Crippen LogP contribution >= 0.6 is 0 Å². The smallest absolute Gasteiger partial charge is 0.349 e. The first-order valence-electron chi connectivity index (χ1n) is 12.6. The number of carbonyl (C=O) groups is 1. The third kappa shape index (κ3) is 5.52. The van der Waals surface area contributed by atoms with Crippen LogP contribution in [0.15, 0.2) is 94.1 Å². The van der Waals surface area contributed by atoms with Crippen molar-refractivity contribution in [3.63, 3.8) is 0 Å². The number of rotatable bonds is 7. The molecule has 1 saturated heterocycles. The Morgan fingerprint density at radius 3 is 2.30 bits per heavy atom. The van der Waals surface area contributed by atoms with Crippen LogP contribution in [-0.2, 0) is 0 Å². The van der Waals surface area contributed by atoms with Crippen LogP contribution in [0.4, 0.5) is 11.4 Å². The summed E-state index contributed by atoms with van der Waals surface area (Å²) in [6.07, 6.45) is 0. The highest BCUT2D eigenvalue weighted by atomic mass is 16.4. The maximum Gasteiger partial charge on any atom is 0.349 e. The van der Waals surface area contributed by atoms with E-state index in [9.17, 15) is 9.59 Å². The lowest BCUT2D eigenvalue weighted by atomic mass is 10.0. The van der Waals surface area contributed by atoms with Crippen LogP contribution in [0.5, 0.6) is 0 Å². The van der Waals surface area contributed by atoms with Crippen molar-refractivity contribution in [1.29, 1.82) is 0 Å². The molecule has 1 aliphatic heterocycles. The molecule has 2 heterocycles. The molecule has 0 spiro atoms. The average Bonchev–Trinajstić information content (AvgIpc) is 2.93. The number of nitrogens with one attached hydrogen (secondary N) is 1. The first kappa shape index (κ1) is 24.6. The molecule has 0 bridgehead atoms. The van der Waals surface area contributed by atoms with Crippen molar-refractivity contribution < 1.29 is 9.21 Å². The van der Waals surface area contributed by atoms with E-state index in [2.05, 4.69) is 68.5 Å². The molecule has 4 aromatic rings. The van der Waals surface area contributed by atoms with Crippen LogP contribution in [0, 0.1) is 0 Å². The predicted octanol–water partition coefficient (Wildman–Crippen LogP) is 4.15. The van der Waals surface area contributed by atoms with Crippen molar-refractivity contribution in [2.45, 2.75) is 6.04 Å². The Hall–Kier alpha value is -4.10. The van der Waals surface area contributed by atoms with Gasteiger partial charge in [-0.2, -0.15) is 0 Å². The minimum Gasteiger partial charge on any atom is -0.422 e. The standard InChI is InChI=1S/C30H32N4O3/c1-32(2)24-14-12-22(13-15-24)27(34-18-16-33(17-19-34)25-9-4-3-5-10-25)21-31-29(35)26-20-23-8-6-7-11-28(23)37-30(26)36/h3-15,20,27H,16-19,21H2,1-2H3,(H,31,35). The zero-order valence-electron chi connectivity index (χ0n) is 21.3. The molecule has 1 amide bonds. The van der Waals surface area contributed by atoms with Crippen LogP contribution in [0.3, 0.4) is 0 Å². The van der Waals surface area contributed by atoms with Crippen molar-refractivity contribution in [2.75, 3.05) is 56.6 Å². The Morgan fingerprint density at radius 2 is 1.59 bits per heavy atom. The Bertz CT molecular complexity index is 1410. The molecule has 37 heavy (non-hydrogen) atoms. The molecule has 1 atom stereocenters. The average molecular weight is 497 g/mol. The molecule has 0 radical (unpaired) electrons. The van der Waals surface area contributed by atoms with Crippen molar-refractivity contribution >= 4 is 28.3 Å². The fraction of sp³-hybridized carbons (Fsp3) is 0.267. The van der Waals surface area contributed by atoms with Gasteiger partial charge < -0.3 is 19.5 Å². The minimum absolute atomic E-state index is 0.0225. The van der Waals surface area contributed by atoms with E-state index in [1.165, 1.54) is 5.69 Å². The van der Waals surface area contributed by atoms with Gasteiger partial charge in [0.1, 0.15) is 11.1 Å². The molecule has 7 heteroatoms. The van der Waals surface area contributed by atoms with E-state index in [1.54, 1.807) is 18.2 Å². The number of amides is 1. The second kappa shape index (κ2) is 10.9. The van der Waals surface area contributed by atoms with Gasteiger partial charge >= 0.3 is 5.63 Å². The Kier molecular flexibility index (Phi) is 7.23. The number of nitrogens with zero attached hydrogens (tertiary/aromatic N) is 3. The highest BCUT2D eigenvalue weighted by Crippen LogP contribution is 2.26. The Balaban J connectivity index is 1.34. The number of piperazine rings is 1. The molecule has 1 aliphatic rings. The van der Waals surface area contributed by atoms with Crippen LogP contribution in [-0.4, -0.2) is 57.6 Å². The van der Waals surface area contributed by atoms with Crippen molar-refractivity contribution in [3.05, 3.63) is 106 Å². The summed E-state index contributed by atoms with van der Waals surface area (Å²) in [7, 11) is 4.04. The molecule has 0 saturated carbocycles. The molecular weight excluding hydrogens is 464 g/mol. The van der Waals surface area contributed by atoms with E-state index >= 15 is 0 Å². The van der Waals surface area contributed by atoms with Gasteiger partial charge in [0, 0.05) is 63.6 Å². The molecule has 190 valence electrons. The molecule has 3 aromatic carbocycles. The SMILES string of the molecule is CN(C)c1ccc(C(CNC(=O)c2cc3ccccc3oc2=O)N2CCN(c3ccccc3)CC2)cc1. The van der Waals surface area contributed by atoms with E-state index in [-0.39, 0.29) is 11.6 Å². The third-order valence-electron chi connectivity index (χ3n) is 7.01. The maximum atomic E-state index is 13.1. The summed E-state index contributed by atoms with van der Waals surface area (Å²) in [6, 6.07) is 27.7. The van der Waals surface area contributed by atoms with Gasteiger partial charge in [0.05, 0.1) is 6.04 Å². The van der Waals surface area contributed by atoms with E-state index in [0.717, 1.165) is 42.8 Å². The summed E-state index contributed by atoms with van der Waals surface area (Å²) in [5, 5.41) is 3.74. The van der Waals surface area contributed by atoms with Gasteiger partial charge in [0.15, 0.2) is 0 Å². The normalized spacial score (nSPS) is 14.9. The van der Waals surface area contributed by atoms with Crippen LogP contribution in [0.1, 0.15) is 22.0 Å². The van der Waals surface area contributed by atoms with E-state index in [1.807, 2.05) is 32.3 Å². The predicted molar refractivity (Wildman–Crippen MR) is 149 cm³/mol. The monoisotopic (exact) mass is 496 g/mol. The first-order valence-corrected chi connectivity index (χ1v) is 12.6. The number of fused-ring (bicyclic) bond motifs is 1. The van der Waals surface area contributed by atoms with Gasteiger partial charge in [-0.05, 0) is 42.0 Å². The number of para-hydroxylation sites is 2. The lowest BCUT2D eigenvalue weighted by Crippen LogP contribution is -2.50. The van der Waals surface area contributed by atoms with Gasteiger partial charge in [0.25, 0.3) is 5.91 Å². The largest absolute Gasteiger partial charge is 0.422 e. The summed E-state index contributed by atoms with van der Waals surface area (Å²) in [6.45, 7) is 3.92. The summed E-state index contributed by atoms with van der Waals surface area (Å²) in [5.74, 6) is -0.419. The van der Waals surface area contributed by atoms with Gasteiger partial charge in [-0.1, -0.05) is 48.5 Å². The first-order chi connectivity index (χ1) is 18.0. The summed E-state index contributed by atoms with van der Waals surface area (Å²) >= 11 is 0. The van der Waals surface area contributed by atoms with Gasteiger partial charge in [-0.15, -0.1) is 0 Å². The number of hydrogen-bond donors (Lipinski definition) is 1. The number of carbonyl (C=O) groups excluding carboxylic acids is 1. The van der Waals surface area contributed by atoms with E-state index in [0.29, 0.717) is 12.1 Å². The fourth-order valence-electron chi connectivity index (χ4n) is 4.89. The molecular formula is C30H32N4O3. The molecule has 0 aliphatic carbocycles. The Labute approximate surface area is 216 Å². The molecule has 5 rings (SSSR count). The highest BCUT2D eigenvalue weighted by molar-refractivity contribution is 5.96. The number of hydrogen-bond acceptors (Lipinski definition) is 6. The second-order valence-electron chi connectivity index (χ2n) is 9.56. The summed E-state index contributed by atoms with van der Waals surface area (Å²) in [4.78, 5) is 32.5. The van der Waals surface area contributed by atoms with Crippen LogP contribution in [0.25, 0.3) is 11.0 Å². The fourth-order valence-corrected chi connectivity index (χ4v) is 4.89. The summed E-state index contributed by atoms with van der Waals surface area (Å²) in [5.41, 5.74) is 3.34. The molecule has 1 aromatic heterocycles. The van der Waals surface area contributed by atoms with E-state index < -0.39 is 11.5 Å². The third-order valence-corrected chi connectivity index (χ3v) is 7.01. The van der Waals surface area contributed by atoms with Crippen molar-refractivity contribution in [3.8, 4) is 0 Å². The lowest BCUT2D eigenvalue weighted by molar-refractivity contribution is 0.0926. The summed E-state index contributed by atoms with van der Waals surface area (Å²) < 4.78 is 5.37. The van der Waals surface area contributed by atoms with Gasteiger partial charge in [-0.3, -0.25) is 9.69 Å². The number of anilines is 2. The lowest BCUT2D eigenvalue weighted by Gasteiger charge is -2.40. The van der Waals surface area contributed by atoms with Crippen molar-refractivity contribution in [2.24, 2.45) is 0 Å². The van der Waals surface area contributed by atoms with Gasteiger partial charge in [-0.25, -0.2) is 4.79 Å². The highest BCUT2D eigenvalue weighted by Gasteiger charge is 2.26. The van der Waals surface area contributed by atoms with Crippen LogP contribution < -0.4 is 20.7 Å². The van der Waals surface area contributed by atoms with Crippen molar-refractivity contribution in [1.82, 2.24) is 10.2 Å². The quantitative estimate of drug-likeness (QED) is 0.388. The van der Waals surface area contributed by atoms with E-state index in [4.69, 9.17) is 4.42 Å². The molecule has 1 unspecified atom stereocenters. The topological polar surface area (TPSA) is 69.0 Å². The Morgan fingerprint density at radius 1 is 0.919 bits per heavy atom. The molecule has 1 fully saturated rings. The maximum absolute atomic E-state index is 13.1. The second-order valence-corrected chi connectivity index (χ2v) is 9.56. The molecule has 7 nitrogen and oxygen atoms in total. The minimum atomic E-state index is -0.625. The zero-order valence-corrected chi connectivity index (χ0v) is 21.3. The number of benzene rings is 3. The van der Waals surface area contributed by atoms with Crippen LogP contribution in [0.2, 0.25) is 0 Å². The molecule has 1 N–H and O–H groups in total. The van der Waals surface area contributed by atoms with Gasteiger partial charge in [0.2, 0.25) is 0 Å².